The Kier molecular flexibility index (Phi) is 15.1. The first-order valence-corrected chi connectivity index (χ1v) is 8.94. The number of nitrogens with one attached hydrogen (secondary N) is 2. The van der Waals surface area contributed by atoms with Crippen molar-refractivity contribution in [2.45, 2.75) is 27.2 Å². The summed E-state index contributed by atoms with van der Waals surface area (Å²) in [5, 5.41) is 6.75. The lowest BCUT2D eigenvalue weighted by atomic mass is 10.1. The van der Waals surface area contributed by atoms with Crippen molar-refractivity contribution in [3.05, 3.63) is 0 Å². The van der Waals surface area contributed by atoms with Crippen LogP contribution >= 0.6 is 24.0 Å². The zero-order valence-electron chi connectivity index (χ0n) is 15.8. The Labute approximate surface area is 165 Å². The summed E-state index contributed by atoms with van der Waals surface area (Å²) < 4.78 is 11.0. The van der Waals surface area contributed by atoms with Crippen LogP contribution in [0.4, 0.5) is 0 Å². The van der Waals surface area contributed by atoms with Crippen molar-refractivity contribution >= 4 is 29.9 Å². The van der Waals surface area contributed by atoms with Crippen LogP contribution in [0.3, 0.4) is 0 Å². The van der Waals surface area contributed by atoms with E-state index in [1.807, 2.05) is 7.05 Å². The third kappa shape index (κ3) is 12.3. The van der Waals surface area contributed by atoms with E-state index in [4.69, 9.17) is 9.47 Å². The lowest BCUT2D eigenvalue weighted by Gasteiger charge is -2.29. The minimum Gasteiger partial charge on any atom is -0.381 e. The van der Waals surface area contributed by atoms with E-state index in [0.29, 0.717) is 11.8 Å². The van der Waals surface area contributed by atoms with E-state index in [2.05, 4.69) is 41.3 Å². The zero-order chi connectivity index (χ0) is 16.9. The van der Waals surface area contributed by atoms with Crippen LogP contribution in [0.1, 0.15) is 27.2 Å². The maximum Gasteiger partial charge on any atom is 0.190 e. The number of rotatable bonds is 10. The van der Waals surface area contributed by atoms with Gasteiger partial charge in [-0.25, -0.2) is 0 Å². The van der Waals surface area contributed by atoms with Crippen LogP contribution in [0.25, 0.3) is 0 Å². The van der Waals surface area contributed by atoms with Crippen molar-refractivity contribution in [1.29, 1.82) is 0 Å². The van der Waals surface area contributed by atoms with Crippen molar-refractivity contribution in [3.8, 4) is 0 Å². The highest BCUT2D eigenvalue weighted by Gasteiger charge is 2.13. The third-order valence-corrected chi connectivity index (χ3v) is 3.72. The van der Waals surface area contributed by atoms with E-state index in [1.54, 1.807) is 0 Å². The maximum atomic E-state index is 5.58. The fraction of sp³-hybridized carbons (Fsp3) is 0.941. The summed E-state index contributed by atoms with van der Waals surface area (Å²) in [6.45, 7) is 15.0. The molecule has 0 aliphatic carbocycles. The molecule has 2 N–H and O–H groups in total. The first kappa shape index (κ1) is 23.9. The lowest BCUT2D eigenvalue weighted by molar-refractivity contribution is 0.0320. The summed E-state index contributed by atoms with van der Waals surface area (Å²) >= 11 is 0. The number of nitrogens with zero attached hydrogens (tertiary/aromatic N) is 2. The summed E-state index contributed by atoms with van der Waals surface area (Å²) in [5.74, 6) is 2.06. The van der Waals surface area contributed by atoms with Gasteiger partial charge < -0.3 is 20.1 Å². The minimum absolute atomic E-state index is 0. The fourth-order valence-electron chi connectivity index (χ4n) is 2.48. The van der Waals surface area contributed by atoms with Crippen molar-refractivity contribution in [2.24, 2.45) is 16.8 Å². The van der Waals surface area contributed by atoms with Gasteiger partial charge in [0.1, 0.15) is 0 Å². The highest BCUT2D eigenvalue weighted by molar-refractivity contribution is 14.0. The second-order valence-corrected chi connectivity index (χ2v) is 6.72. The Morgan fingerprint density at radius 2 is 1.92 bits per heavy atom. The largest absolute Gasteiger partial charge is 0.381 e. The zero-order valence-corrected chi connectivity index (χ0v) is 18.2. The third-order valence-electron chi connectivity index (χ3n) is 3.72. The molecule has 1 saturated heterocycles. The molecular formula is C17H37IN4O2. The Balaban J connectivity index is 0.00000529. The highest BCUT2D eigenvalue weighted by Crippen LogP contribution is 2.02. The van der Waals surface area contributed by atoms with Crippen LogP contribution in [0.15, 0.2) is 4.99 Å². The molecule has 0 aromatic heterocycles. The molecule has 0 spiro atoms. The van der Waals surface area contributed by atoms with Crippen LogP contribution in [-0.2, 0) is 9.47 Å². The van der Waals surface area contributed by atoms with E-state index in [0.717, 1.165) is 71.5 Å². The number of halogens is 1. The van der Waals surface area contributed by atoms with Gasteiger partial charge in [0, 0.05) is 53.0 Å². The van der Waals surface area contributed by atoms with Crippen molar-refractivity contribution in [1.82, 2.24) is 15.5 Å². The van der Waals surface area contributed by atoms with Crippen molar-refractivity contribution in [3.63, 3.8) is 0 Å². The average molecular weight is 456 g/mol. The van der Waals surface area contributed by atoms with E-state index < -0.39 is 0 Å². The first-order valence-electron chi connectivity index (χ1n) is 8.94. The van der Waals surface area contributed by atoms with Gasteiger partial charge in [0.25, 0.3) is 0 Å². The lowest BCUT2D eigenvalue weighted by Crippen LogP contribution is -2.44. The molecule has 144 valence electrons. The second-order valence-electron chi connectivity index (χ2n) is 6.72. The molecule has 1 aliphatic rings. The summed E-state index contributed by atoms with van der Waals surface area (Å²) in [4.78, 5) is 6.74. The Morgan fingerprint density at radius 3 is 2.54 bits per heavy atom. The molecule has 1 aliphatic heterocycles. The number of hydrogen-bond donors (Lipinski definition) is 2. The van der Waals surface area contributed by atoms with E-state index in [9.17, 15) is 0 Å². The van der Waals surface area contributed by atoms with Gasteiger partial charge in [-0.3, -0.25) is 9.89 Å². The SMILES string of the molecule is CN=C(NCCCOCC(C)C)NCC(C)CN1CCOCC1.I. The molecule has 1 atom stereocenters. The molecule has 7 heteroatoms. The average Bonchev–Trinajstić information content (AvgIpc) is 2.54. The van der Waals surface area contributed by atoms with Crippen molar-refractivity contribution in [2.75, 3.05) is 66.2 Å². The van der Waals surface area contributed by atoms with Gasteiger partial charge in [0.05, 0.1) is 13.2 Å². The molecule has 0 aromatic carbocycles. The van der Waals surface area contributed by atoms with Gasteiger partial charge >= 0.3 is 0 Å². The summed E-state index contributed by atoms with van der Waals surface area (Å²) in [6, 6.07) is 0. The molecular weight excluding hydrogens is 419 g/mol. The molecule has 24 heavy (non-hydrogen) atoms. The van der Waals surface area contributed by atoms with E-state index in [-0.39, 0.29) is 24.0 Å². The number of morpholine rings is 1. The number of ether oxygens (including phenoxy) is 2. The smallest absolute Gasteiger partial charge is 0.190 e. The highest BCUT2D eigenvalue weighted by atomic mass is 127. The first-order chi connectivity index (χ1) is 11.1. The summed E-state index contributed by atoms with van der Waals surface area (Å²) in [5.41, 5.74) is 0. The molecule has 1 rings (SSSR count). The van der Waals surface area contributed by atoms with Crippen LogP contribution in [-0.4, -0.2) is 77.1 Å². The monoisotopic (exact) mass is 456 g/mol. The molecule has 0 bridgehead atoms. The standard InChI is InChI=1S/C17H36N4O2.HI/c1-15(2)14-23-9-5-6-19-17(18-4)20-12-16(3)13-21-7-10-22-11-8-21;/h15-16H,5-14H2,1-4H3,(H2,18,19,20);1H. The normalized spacial score (nSPS) is 17.5. The molecule has 0 saturated carbocycles. The topological polar surface area (TPSA) is 58.1 Å². The Morgan fingerprint density at radius 1 is 1.21 bits per heavy atom. The second kappa shape index (κ2) is 15.2. The number of hydrogen-bond acceptors (Lipinski definition) is 4. The Hall–Kier alpha value is -0.120. The quantitative estimate of drug-likeness (QED) is 0.227. The molecule has 1 unspecified atom stereocenters. The van der Waals surface area contributed by atoms with Gasteiger partial charge in [0.2, 0.25) is 0 Å². The molecule has 0 radical (unpaired) electrons. The molecule has 0 amide bonds. The van der Waals surface area contributed by atoms with Crippen LogP contribution in [0, 0.1) is 11.8 Å². The van der Waals surface area contributed by atoms with Gasteiger partial charge in [-0.2, -0.15) is 0 Å². The van der Waals surface area contributed by atoms with Crippen LogP contribution in [0.5, 0.6) is 0 Å². The number of guanidine groups is 1. The van der Waals surface area contributed by atoms with E-state index >= 15 is 0 Å². The Bertz CT molecular complexity index is 324. The van der Waals surface area contributed by atoms with Gasteiger partial charge in [-0.15, -0.1) is 24.0 Å². The fourth-order valence-corrected chi connectivity index (χ4v) is 2.48. The predicted molar refractivity (Wildman–Crippen MR) is 111 cm³/mol. The van der Waals surface area contributed by atoms with Gasteiger partial charge in [-0.05, 0) is 18.3 Å². The van der Waals surface area contributed by atoms with Gasteiger partial charge in [-0.1, -0.05) is 20.8 Å². The van der Waals surface area contributed by atoms with Crippen LogP contribution < -0.4 is 10.6 Å². The predicted octanol–water partition coefficient (Wildman–Crippen LogP) is 1.80. The van der Waals surface area contributed by atoms with Crippen molar-refractivity contribution < 1.29 is 9.47 Å². The van der Waals surface area contributed by atoms with E-state index in [1.165, 1.54) is 0 Å². The molecule has 1 fully saturated rings. The van der Waals surface area contributed by atoms with Crippen LogP contribution in [0.2, 0.25) is 0 Å². The summed E-state index contributed by atoms with van der Waals surface area (Å²) in [6.07, 6.45) is 0.997. The molecule has 0 aromatic rings. The number of aliphatic imine (C=N–C) groups is 1. The minimum atomic E-state index is 0. The molecule has 1 heterocycles. The maximum absolute atomic E-state index is 5.58. The summed E-state index contributed by atoms with van der Waals surface area (Å²) in [7, 11) is 1.82. The molecule has 6 nitrogen and oxygen atoms in total. The van der Waals surface area contributed by atoms with Gasteiger partial charge in [0.15, 0.2) is 5.96 Å².